The van der Waals surface area contributed by atoms with Gasteiger partial charge in [0.1, 0.15) is 4.75 Å². The Morgan fingerprint density at radius 2 is 1.44 bits per heavy atom. The van der Waals surface area contributed by atoms with Crippen LogP contribution in [0.1, 0.15) is 91.9 Å². The third-order valence-electron chi connectivity index (χ3n) is 4.90. The molecule has 0 aliphatic rings. The molecule has 0 aliphatic carbocycles. The molecule has 1 N–H and O–H groups in total. The van der Waals surface area contributed by atoms with Gasteiger partial charge in [-0.25, -0.2) is 8.42 Å². The van der Waals surface area contributed by atoms with E-state index < -0.39 is 38.0 Å². The smallest absolute Gasteiger partial charge is 0.748 e. The van der Waals surface area contributed by atoms with Gasteiger partial charge in [0.05, 0.1) is 29.4 Å². The van der Waals surface area contributed by atoms with Crippen molar-refractivity contribution in [1.82, 2.24) is 5.32 Å². The minimum Gasteiger partial charge on any atom is -0.748 e. The third kappa shape index (κ3) is 17.6. The first kappa shape index (κ1) is 34.4. The van der Waals surface area contributed by atoms with Gasteiger partial charge in [-0.2, -0.15) is 0 Å². The van der Waals surface area contributed by atoms with E-state index in [9.17, 15) is 22.6 Å². The van der Waals surface area contributed by atoms with Gasteiger partial charge < -0.3 is 14.6 Å². The fourth-order valence-electron chi connectivity index (χ4n) is 3.33. The monoisotopic (exact) mass is 502 g/mol. The summed E-state index contributed by atoms with van der Waals surface area (Å²) in [7, 11) is -3.24. The van der Waals surface area contributed by atoms with Crippen molar-refractivity contribution in [2.24, 2.45) is 0 Å². The summed E-state index contributed by atoms with van der Waals surface area (Å²) in [6, 6.07) is 0. The maximum absolute atomic E-state index is 12.4. The van der Waals surface area contributed by atoms with E-state index in [1.54, 1.807) is 6.92 Å². The first-order chi connectivity index (χ1) is 14.4. The number of amides is 1. The van der Waals surface area contributed by atoms with Crippen molar-refractivity contribution in [3.05, 3.63) is 6.42 Å². The first-order valence-corrected chi connectivity index (χ1v) is 13.8. The number of unbranched alkanes of at least 4 members (excludes halogenated alkanes) is 9. The minimum atomic E-state index is -4.50. The number of rotatable bonds is 18. The molecule has 0 aromatic heterocycles. The van der Waals surface area contributed by atoms with Crippen molar-refractivity contribution in [3.63, 3.8) is 0 Å². The number of ether oxygens (including phenoxy) is 1. The molecule has 0 heterocycles. The summed E-state index contributed by atoms with van der Waals surface area (Å²) < 4.78 is 36.7. The van der Waals surface area contributed by atoms with Crippen molar-refractivity contribution >= 4 is 33.8 Å². The zero-order chi connectivity index (χ0) is 24.0. The van der Waals surface area contributed by atoms with Crippen LogP contribution < -0.4 is 34.9 Å². The molecular formula is C22H41NNaO6S2. The topological polar surface area (TPSA) is 113 Å². The zero-order valence-corrected chi connectivity index (χ0v) is 24.5. The molecule has 0 aromatic carbocycles. The Bertz CT molecular complexity index is 642. The predicted octanol–water partition coefficient (Wildman–Crippen LogP) is 1.22. The Balaban J connectivity index is 0. The van der Waals surface area contributed by atoms with Gasteiger partial charge >= 0.3 is 35.5 Å². The van der Waals surface area contributed by atoms with Gasteiger partial charge in [0.2, 0.25) is 5.91 Å². The van der Waals surface area contributed by atoms with Crippen LogP contribution in [-0.2, 0) is 24.4 Å². The van der Waals surface area contributed by atoms with Crippen molar-refractivity contribution in [1.29, 1.82) is 0 Å². The van der Waals surface area contributed by atoms with E-state index in [0.29, 0.717) is 5.75 Å². The van der Waals surface area contributed by atoms with Crippen molar-refractivity contribution in [2.45, 2.75) is 102 Å². The van der Waals surface area contributed by atoms with E-state index in [1.807, 2.05) is 0 Å². The number of carbonyl (C=O) groups excluding carboxylic acids is 2. The Morgan fingerprint density at radius 3 is 1.88 bits per heavy atom. The van der Waals surface area contributed by atoms with Gasteiger partial charge in [-0.1, -0.05) is 64.7 Å². The number of carbonyl (C=O) groups is 2. The third-order valence-corrected chi connectivity index (χ3v) is 7.35. The average Bonchev–Trinajstić information content (AvgIpc) is 2.62. The molecule has 0 rings (SSSR count). The molecule has 32 heavy (non-hydrogen) atoms. The van der Waals surface area contributed by atoms with Crippen LogP contribution in [0.5, 0.6) is 0 Å². The fourth-order valence-corrected chi connectivity index (χ4v) is 5.45. The molecule has 0 aliphatic heterocycles. The van der Waals surface area contributed by atoms with E-state index in [2.05, 4.69) is 12.2 Å². The standard InChI is InChI=1S/C22H42NO6S2.Na/c1-6-7-8-9-10-11-12-13-14-15-16-30-22(4,20(25)29-5)17-19(24)23-21(2,3)18-31(26,27)28;/h17H,6-16,18H2,1-5H3,(H,23,24)(H,26,27,28);/q;+1/p-1. The summed E-state index contributed by atoms with van der Waals surface area (Å²) in [5.41, 5.74) is -1.24. The Kier molecular flexibility index (Phi) is 18.9. The number of methoxy groups -OCH3 is 1. The van der Waals surface area contributed by atoms with Gasteiger partial charge in [-0.15, -0.1) is 11.8 Å². The molecule has 0 spiro atoms. The molecule has 0 bridgehead atoms. The average molecular weight is 503 g/mol. The van der Waals surface area contributed by atoms with Crippen molar-refractivity contribution < 1.29 is 56.9 Å². The molecule has 10 heteroatoms. The van der Waals surface area contributed by atoms with Crippen molar-refractivity contribution in [3.8, 4) is 0 Å². The molecule has 0 saturated heterocycles. The van der Waals surface area contributed by atoms with E-state index in [4.69, 9.17) is 4.74 Å². The molecule has 7 nitrogen and oxygen atoms in total. The second-order valence-corrected chi connectivity index (χ2v) is 11.8. The van der Waals surface area contributed by atoms with Gasteiger partial charge in [0.15, 0.2) is 0 Å². The normalized spacial score (nSPS) is 13.7. The van der Waals surface area contributed by atoms with Crippen molar-refractivity contribution in [2.75, 3.05) is 18.6 Å². The summed E-state index contributed by atoms with van der Waals surface area (Å²) in [5.74, 6) is -1.20. The zero-order valence-electron chi connectivity index (χ0n) is 20.8. The van der Waals surface area contributed by atoms with Gasteiger partial charge in [-0.3, -0.25) is 9.59 Å². The molecule has 183 valence electrons. The second kappa shape index (κ2) is 17.6. The molecule has 1 radical (unpaired) electrons. The van der Waals surface area contributed by atoms with Crippen LogP contribution in [0.25, 0.3) is 0 Å². The first-order valence-electron chi connectivity index (χ1n) is 11.2. The Morgan fingerprint density at radius 1 is 0.969 bits per heavy atom. The van der Waals surface area contributed by atoms with Crippen LogP contribution >= 0.6 is 11.8 Å². The van der Waals surface area contributed by atoms with Gasteiger partial charge in [0, 0.05) is 5.54 Å². The number of nitrogens with one attached hydrogen (secondary N) is 1. The minimum absolute atomic E-state index is 0. The van der Waals surface area contributed by atoms with Crippen LogP contribution in [0, 0.1) is 6.42 Å². The summed E-state index contributed by atoms with van der Waals surface area (Å²) in [5, 5.41) is 2.50. The fraction of sp³-hybridized carbons (Fsp3) is 0.864. The maximum Gasteiger partial charge on any atom is 1.00 e. The molecule has 1 unspecified atom stereocenters. The predicted molar refractivity (Wildman–Crippen MR) is 126 cm³/mol. The number of hydrogen-bond acceptors (Lipinski definition) is 7. The molecule has 0 aromatic rings. The summed E-state index contributed by atoms with van der Waals surface area (Å²) in [4.78, 5) is 24.7. The largest absolute Gasteiger partial charge is 1.00 e. The number of esters is 1. The van der Waals surface area contributed by atoms with E-state index in [1.165, 1.54) is 84.1 Å². The quantitative estimate of drug-likeness (QED) is 0.130. The van der Waals surface area contributed by atoms with Crippen LogP contribution in [0.15, 0.2) is 0 Å². The second-order valence-electron chi connectivity index (χ2n) is 8.85. The van der Waals surface area contributed by atoms with Crippen LogP contribution in [0.2, 0.25) is 0 Å². The van der Waals surface area contributed by atoms with E-state index in [-0.39, 0.29) is 29.6 Å². The summed E-state index contributed by atoms with van der Waals surface area (Å²) >= 11 is 1.33. The number of thioether (sulfide) groups is 1. The molecule has 1 atom stereocenters. The molecular weight excluding hydrogens is 461 g/mol. The Labute approximate surface area is 222 Å². The molecule has 0 fully saturated rings. The maximum atomic E-state index is 12.4. The molecule has 0 saturated carbocycles. The van der Waals surface area contributed by atoms with Crippen LogP contribution in [0.3, 0.4) is 0 Å². The van der Waals surface area contributed by atoms with E-state index in [0.717, 1.165) is 19.3 Å². The summed E-state index contributed by atoms with van der Waals surface area (Å²) in [6.45, 7) is 6.72. The number of hydrogen-bond donors (Lipinski definition) is 1. The van der Waals surface area contributed by atoms with Gasteiger partial charge in [0.25, 0.3) is 0 Å². The molecule has 1 amide bonds. The SMILES string of the molecule is CCCCCCCCCCCCSC(C)([CH]C(=O)NC(C)(C)CS(=O)(=O)[O-])C(=O)OC.[Na+]. The van der Waals surface area contributed by atoms with Gasteiger partial charge in [-0.05, 0) is 32.9 Å². The summed E-state index contributed by atoms with van der Waals surface area (Å²) in [6.07, 6.45) is 13.4. The van der Waals surface area contributed by atoms with Crippen LogP contribution in [0.4, 0.5) is 0 Å². The van der Waals surface area contributed by atoms with E-state index >= 15 is 0 Å². The Hall–Kier alpha value is 0.200. The van der Waals surface area contributed by atoms with Crippen LogP contribution in [-0.4, -0.2) is 53.7 Å².